The van der Waals surface area contributed by atoms with E-state index in [1.165, 1.54) is 30.3 Å². The Bertz CT molecular complexity index is 825. The summed E-state index contributed by atoms with van der Waals surface area (Å²) in [5.41, 5.74) is 0.882. The molecule has 22 heavy (non-hydrogen) atoms. The van der Waals surface area contributed by atoms with Gasteiger partial charge in [-0.1, -0.05) is 23.2 Å². The van der Waals surface area contributed by atoms with E-state index in [-0.39, 0.29) is 22.2 Å². The van der Waals surface area contributed by atoms with Gasteiger partial charge in [0.1, 0.15) is 16.4 Å². The number of sulfonamides is 1. The number of phenols is 2. The van der Waals surface area contributed by atoms with Crippen molar-refractivity contribution in [2.75, 3.05) is 5.32 Å². The predicted molar refractivity (Wildman–Crippen MR) is 84.9 cm³/mol. The third-order valence-corrected chi connectivity index (χ3v) is 4.32. The van der Waals surface area contributed by atoms with Crippen LogP contribution in [0.4, 0.5) is 5.69 Å². The number of primary sulfonamides is 1. The van der Waals surface area contributed by atoms with E-state index in [9.17, 15) is 18.6 Å². The molecule has 0 atom stereocenters. The average Bonchev–Trinajstić information content (AvgIpc) is 2.39. The minimum absolute atomic E-state index is 0.107. The van der Waals surface area contributed by atoms with Gasteiger partial charge in [-0.2, -0.15) is 0 Å². The second kappa shape index (κ2) is 6.21. The van der Waals surface area contributed by atoms with E-state index in [1.54, 1.807) is 0 Å². The zero-order valence-corrected chi connectivity index (χ0v) is 13.4. The monoisotopic (exact) mass is 362 g/mol. The highest BCUT2D eigenvalue weighted by Gasteiger charge is 2.14. The third kappa shape index (κ3) is 3.75. The van der Waals surface area contributed by atoms with E-state index in [4.69, 9.17) is 28.3 Å². The lowest BCUT2D eigenvalue weighted by Gasteiger charge is -2.11. The smallest absolute Gasteiger partial charge is 0.241 e. The Morgan fingerprint density at radius 2 is 1.82 bits per heavy atom. The molecule has 0 radical (unpaired) electrons. The fourth-order valence-corrected chi connectivity index (χ4v) is 2.96. The summed E-state index contributed by atoms with van der Waals surface area (Å²) < 4.78 is 22.4. The number of phenolic OH excluding ortho intramolecular Hbond substituents is 2. The SMILES string of the molecule is NS(=O)(=O)c1ccc(NCc2cc(Cl)cc(Cl)c2O)cc1O. The van der Waals surface area contributed by atoms with Gasteiger partial charge < -0.3 is 15.5 Å². The van der Waals surface area contributed by atoms with Crippen molar-refractivity contribution < 1.29 is 18.6 Å². The molecule has 118 valence electrons. The molecule has 2 aromatic carbocycles. The van der Waals surface area contributed by atoms with Crippen LogP contribution in [0.1, 0.15) is 5.56 Å². The van der Waals surface area contributed by atoms with Gasteiger partial charge in [-0.25, -0.2) is 13.6 Å². The molecule has 2 aromatic rings. The Hall–Kier alpha value is -1.67. The summed E-state index contributed by atoms with van der Waals surface area (Å²) in [5.74, 6) is -0.579. The van der Waals surface area contributed by atoms with E-state index in [0.29, 0.717) is 16.3 Å². The molecule has 5 N–H and O–H groups in total. The van der Waals surface area contributed by atoms with Crippen molar-refractivity contribution in [1.29, 1.82) is 0 Å². The summed E-state index contributed by atoms with van der Waals surface area (Å²) in [6.07, 6.45) is 0. The Kier molecular flexibility index (Phi) is 4.72. The van der Waals surface area contributed by atoms with Gasteiger partial charge in [0.2, 0.25) is 10.0 Å². The molecule has 6 nitrogen and oxygen atoms in total. The highest BCUT2D eigenvalue weighted by molar-refractivity contribution is 7.89. The molecule has 0 saturated carbocycles. The first-order valence-electron chi connectivity index (χ1n) is 5.95. The Labute approximate surface area is 137 Å². The van der Waals surface area contributed by atoms with Gasteiger partial charge in [0, 0.05) is 28.9 Å². The number of rotatable bonds is 4. The summed E-state index contributed by atoms with van der Waals surface area (Å²) >= 11 is 11.7. The van der Waals surface area contributed by atoms with Crippen molar-refractivity contribution in [2.45, 2.75) is 11.4 Å². The predicted octanol–water partition coefficient (Wildman–Crippen LogP) is 2.66. The lowest BCUT2D eigenvalue weighted by Crippen LogP contribution is -2.12. The van der Waals surface area contributed by atoms with Crippen molar-refractivity contribution >= 4 is 38.9 Å². The fraction of sp³-hybridized carbons (Fsp3) is 0.0769. The van der Waals surface area contributed by atoms with E-state index in [1.807, 2.05) is 0 Å². The van der Waals surface area contributed by atoms with E-state index in [0.717, 1.165) is 0 Å². The topological polar surface area (TPSA) is 113 Å². The van der Waals surface area contributed by atoms with Crippen LogP contribution in [-0.2, 0) is 16.6 Å². The number of nitrogens with one attached hydrogen (secondary N) is 1. The number of benzene rings is 2. The number of aromatic hydroxyl groups is 2. The van der Waals surface area contributed by atoms with Crippen LogP contribution in [0.5, 0.6) is 11.5 Å². The zero-order chi connectivity index (χ0) is 16.5. The molecule has 0 aromatic heterocycles. The number of hydrogen-bond acceptors (Lipinski definition) is 5. The summed E-state index contributed by atoms with van der Waals surface area (Å²) in [4.78, 5) is -0.369. The molecule has 0 bridgehead atoms. The molecular formula is C13H12Cl2N2O4S. The standard InChI is InChI=1S/C13H12Cl2N2O4S/c14-8-3-7(13(19)10(15)4-8)6-17-9-1-2-12(11(18)5-9)22(16,20)21/h1-5,17-19H,6H2,(H2,16,20,21). The first-order chi connectivity index (χ1) is 10.2. The van der Waals surface area contributed by atoms with Crippen LogP contribution in [0.15, 0.2) is 35.2 Å². The van der Waals surface area contributed by atoms with Gasteiger partial charge in [-0.05, 0) is 24.3 Å². The molecule has 0 aliphatic carbocycles. The molecule has 0 aliphatic rings. The third-order valence-electron chi connectivity index (χ3n) is 2.86. The van der Waals surface area contributed by atoms with Gasteiger partial charge in [0.05, 0.1) is 5.02 Å². The molecule has 0 saturated heterocycles. The fourth-order valence-electron chi connectivity index (χ4n) is 1.82. The maximum Gasteiger partial charge on any atom is 0.241 e. The molecule has 0 spiro atoms. The maximum absolute atomic E-state index is 11.2. The molecule has 0 amide bonds. The van der Waals surface area contributed by atoms with Crippen LogP contribution in [0, 0.1) is 0 Å². The minimum Gasteiger partial charge on any atom is -0.506 e. The molecule has 0 fully saturated rings. The first kappa shape index (κ1) is 16.7. The summed E-state index contributed by atoms with van der Waals surface area (Å²) in [5, 5.41) is 27.9. The van der Waals surface area contributed by atoms with Crippen molar-refractivity contribution in [3.63, 3.8) is 0 Å². The molecule has 2 rings (SSSR count). The van der Waals surface area contributed by atoms with Crippen LogP contribution in [0.3, 0.4) is 0 Å². The lowest BCUT2D eigenvalue weighted by molar-refractivity contribution is 0.459. The summed E-state index contributed by atoms with van der Waals surface area (Å²) in [7, 11) is -3.99. The Balaban J connectivity index is 2.21. The van der Waals surface area contributed by atoms with Crippen molar-refractivity contribution in [3.05, 3.63) is 45.9 Å². The molecule has 0 unspecified atom stereocenters. The van der Waals surface area contributed by atoms with Crippen molar-refractivity contribution in [1.82, 2.24) is 0 Å². The van der Waals surface area contributed by atoms with Crippen LogP contribution < -0.4 is 10.5 Å². The summed E-state index contributed by atoms with van der Waals surface area (Å²) in [6.45, 7) is 0.167. The zero-order valence-electron chi connectivity index (χ0n) is 11.0. The van der Waals surface area contributed by atoms with Crippen LogP contribution in [0.2, 0.25) is 10.0 Å². The largest absolute Gasteiger partial charge is 0.506 e. The second-order valence-electron chi connectivity index (χ2n) is 4.48. The first-order valence-corrected chi connectivity index (χ1v) is 8.25. The second-order valence-corrected chi connectivity index (χ2v) is 6.85. The van der Waals surface area contributed by atoms with Gasteiger partial charge >= 0.3 is 0 Å². The lowest BCUT2D eigenvalue weighted by atomic mass is 10.2. The van der Waals surface area contributed by atoms with Crippen LogP contribution in [0.25, 0.3) is 0 Å². The molecule has 9 heteroatoms. The quantitative estimate of drug-likeness (QED) is 0.667. The average molecular weight is 363 g/mol. The number of halogens is 2. The Morgan fingerprint density at radius 1 is 1.14 bits per heavy atom. The molecule has 0 heterocycles. The van der Waals surface area contributed by atoms with Gasteiger partial charge in [-0.3, -0.25) is 0 Å². The normalized spacial score (nSPS) is 11.4. The number of anilines is 1. The van der Waals surface area contributed by atoms with Gasteiger partial charge in [-0.15, -0.1) is 0 Å². The number of nitrogens with two attached hydrogens (primary N) is 1. The van der Waals surface area contributed by atoms with Gasteiger partial charge in [0.15, 0.2) is 0 Å². The summed E-state index contributed by atoms with van der Waals surface area (Å²) in [6, 6.07) is 6.77. The molecule has 0 aliphatic heterocycles. The van der Waals surface area contributed by atoms with Crippen LogP contribution >= 0.6 is 23.2 Å². The van der Waals surface area contributed by atoms with E-state index in [2.05, 4.69) is 5.32 Å². The van der Waals surface area contributed by atoms with Gasteiger partial charge in [0.25, 0.3) is 0 Å². The van der Waals surface area contributed by atoms with Crippen LogP contribution in [-0.4, -0.2) is 18.6 Å². The maximum atomic E-state index is 11.2. The highest BCUT2D eigenvalue weighted by atomic mass is 35.5. The van der Waals surface area contributed by atoms with Crippen molar-refractivity contribution in [2.24, 2.45) is 5.14 Å². The van der Waals surface area contributed by atoms with Crippen molar-refractivity contribution in [3.8, 4) is 11.5 Å². The Morgan fingerprint density at radius 3 is 2.41 bits per heavy atom. The molecular weight excluding hydrogens is 351 g/mol. The van der Waals surface area contributed by atoms with E-state index >= 15 is 0 Å². The van der Waals surface area contributed by atoms with E-state index < -0.39 is 15.8 Å². The minimum atomic E-state index is -3.99. The highest BCUT2D eigenvalue weighted by Crippen LogP contribution is 2.32. The number of hydrogen-bond donors (Lipinski definition) is 4.